The molecule has 1 N–H and O–H groups in total. The molecule has 0 radical (unpaired) electrons. The number of hydrogen-bond donors (Lipinski definition) is 1. The van der Waals surface area contributed by atoms with Gasteiger partial charge in [-0.1, -0.05) is 24.3 Å². The molecule has 0 saturated carbocycles. The summed E-state index contributed by atoms with van der Waals surface area (Å²) in [7, 11) is 0. The first-order chi connectivity index (χ1) is 9.83. The van der Waals surface area contributed by atoms with Crippen molar-refractivity contribution in [1.82, 2.24) is 9.97 Å². The zero-order valence-electron chi connectivity index (χ0n) is 10.5. The summed E-state index contributed by atoms with van der Waals surface area (Å²) in [5.74, 6) is -0.213. The smallest absolute Gasteiger partial charge is 0.275 e. The molecule has 1 aromatic carbocycles. The summed E-state index contributed by atoms with van der Waals surface area (Å²) in [6.45, 7) is 0. The first-order valence-corrected chi connectivity index (χ1v) is 6.94. The fourth-order valence-electron chi connectivity index (χ4n) is 1.70. The minimum absolute atomic E-state index is 0.213. The van der Waals surface area contributed by atoms with Crippen molar-refractivity contribution in [2.45, 2.75) is 0 Å². The van der Waals surface area contributed by atoms with Gasteiger partial charge in [0.2, 0.25) is 0 Å². The van der Waals surface area contributed by atoms with Crippen molar-refractivity contribution in [3.05, 3.63) is 65.8 Å². The molecule has 4 nitrogen and oxygen atoms in total. The number of carbonyl (C=O) groups is 1. The van der Waals surface area contributed by atoms with Crippen LogP contribution in [-0.4, -0.2) is 15.9 Å². The molecule has 1 amide bonds. The molecule has 3 rings (SSSR count). The van der Waals surface area contributed by atoms with Crippen molar-refractivity contribution in [2.75, 3.05) is 5.32 Å². The normalized spacial score (nSPS) is 10.2. The zero-order valence-corrected chi connectivity index (χ0v) is 11.3. The van der Waals surface area contributed by atoms with Crippen molar-refractivity contribution in [2.24, 2.45) is 0 Å². The number of amides is 1. The Morgan fingerprint density at radius 3 is 2.60 bits per heavy atom. The molecule has 0 spiro atoms. The van der Waals surface area contributed by atoms with Gasteiger partial charge in [-0.15, -0.1) is 11.3 Å². The van der Waals surface area contributed by atoms with Gasteiger partial charge in [0.05, 0.1) is 5.69 Å². The number of hydrogen-bond acceptors (Lipinski definition) is 4. The highest BCUT2D eigenvalue weighted by molar-refractivity contribution is 7.13. The molecule has 0 bridgehead atoms. The predicted octanol–water partition coefficient (Wildman–Crippen LogP) is 3.46. The average molecular weight is 281 g/mol. The van der Waals surface area contributed by atoms with Gasteiger partial charge in [-0.05, 0) is 24.3 Å². The molecular formula is C15H11N3OS. The summed E-state index contributed by atoms with van der Waals surface area (Å²) in [6.07, 6.45) is 1.71. The monoisotopic (exact) mass is 281 g/mol. The number of thiazole rings is 1. The number of aromatic nitrogens is 2. The summed E-state index contributed by atoms with van der Waals surface area (Å²) in [6, 6.07) is 14.9. The summed E-state index contributed by atoms with van der Waals surface area (Å²) in [4.78, 5) is 20.6. The largest absolute Gasteiger partial charge is 0.321 e. The zero-order chi connectivity index (χ0) is 13.8. The third-order valence-corrected chi connectivity index (χ3v) is 3.52. The quantitative estimate of drug-likeness (QED) is 0.800. The van der Waals surface area contributed by atoms with Gasteiger partial charge in [0.1, 0.15) is 10.7 Å². The van der Waals surface area contributed by atoms with Crippen molar-refractivity contribution >= 4 is 22.9 Å². The number of para-hydroxylation sites is 1. The van der Waals surface area contributed by atoms with Gasteiger partial charge < -0.3 is 5.32 Å². The van der Waals surface area contributed by atoms with Crippen LogP contribution in [-0.2, 0) is 0 Å². The van der Waals surface area contributed by atoms with E-state index in [1.807, 2.05) is 48.5 Å². The number of rotatable bonds is 3. The second kappa shape index (κ2) is 5.63. The van der Waals surface area contributed by atoms with Gasteiger partial charge in [-0.3, -0.25) is 9.78 Å². The lowest BCUT2D eigenvalue weighted by molar-refractivity contribution is 0.102. The summed E-state index contributed by atoms with van der Waals surface area (Å²) < 4.78 is 0. The topological polar surface area (TPSA) is 54.9 Å². The maximum atomic E-state index is 12.1. The number of nitrogens with zero attached hydrogens (tertiary/aromatic N) is 2. The lowest BCUT2D eigenvalue weighted by atomic mass is 10.3. The maximum absolute atomic E-state index is 12.1. The second-order valence-electron chi connectivity index (χ2n) is 4.07. The molecule has 3 aromatic rings. The Labute approximate surface area is 120 Å². The lowest BCUT2D eigenvalue weighted by Crippen LogP contribution is -2.12. The van der Waals surface area contributed by atoms with E-state index in [-0.39, 0.29) is 5.91 Å². The van der Waals surface area contributed by atoms with Gasteiger partial charge in [0.25, 0.3) is 5.91 Å². The van der Waals surface area contributed by atoms with Crippen molar-refractivity contribution < 1.29 is 4.79 Å². The highest BCUT2D eigenvalue weighted by Crippen LogP contribution is 2.21. The van der Waals surface area contributed by atoms with Crippen LogP contribution in [0.3, 0.4) is 0 Å². The first kappa shape index (κ1) is 12.5. The van der Waals surface area contributed by atoms with Gasteiger partial charge >= 0.3 is 0 Å². The maximum Gasteiger partial charge on any atom is 0.275 e. The number of anilines is 1. The molecule has 0 saturated heterocycles. The Bertz CT molecular complexity index is 710. The van der Waals surface area contributed by atoms with Crippen LogP contribution in [0.5, 0.6) is 0 Å². The Hall–Kier alpha value is -2.53. The molecule has 0 aliphatic heterocycles. The van der Waals surface area contributed by atoms with E-state index in [0.29, 0.717) is 5.69 Å². The molecule has 98 valence electrons. The molecule has 2 heterocycles. The van der Waals surface area contributed by atoms with Crippen LogP contribution in [0.2, 0.25) is 0 Å². The van der Waals surface area contributed by atoms with Gasteiger partial charge in [-0.2, -0.15) is 0 Å². The molecule has 0 unspecified atom stereocenters. The predicted molar refractivity (Wildman–Crippen MR) is 79.7 cm³/mol. The van der Waals surface area contributed by atoms with E-state index in [2.05, 4.69) is 15.3 Å². The van der Waals surface area contributed by atoms with E-state index in [1.54, 1.807) is 11.6 Å². The molecular weight excluding hydrogens is 270 g/mol. The van der Waals surface area contributed by atoms with E-state index in [9.17, 15) is 4.79 Å². The van der Waals surface area contributed by atoms with Gasteiger partial charge in [0, 0.05) is 17.3 Å². The third kappa shape index (κ3) is 2.73. The number of nitrogens with one attached hydrogen (secondary N) is 1. The third-order valence-electron chi connectivity index (χ3n) is 2.65. The molecule has 0 aliphatic carbocycles. The lowest BCUT2D eigenvalue weighted by Gasteiger charge is -2.01. The van der Waals surface area contributed by atoms with Crippen LogP contribution in [0.1, 0.15) is 10.5 Å². The SMILES string of the molecule is O=C(Nc1ccccc1)c1csc(-c2ccccn2)n1. The summed E-state index contributed by atoms with van der Waals surface area (Å²) in [5.41, 5.74) is 1.93. The molecule has 0 aliphatic rings. The Balaban J connectivity index is 1.79. The molecule has 5 heteroatoms. The average Bonchev–Trinajstić information content (AvgIpc) is 2.99. The van der Waals surface area contributed by atoms with Crippen LogP contribution in [0.15, 0.2) is 60.1 Å². The number of carbonyl (C=O) groups excluding carboxylic acids is 1. The molecule has 20 heavy (non-hydrogen) atoms. The fraction of sp³-hybridized carbons (Fsp3) is 0. The number of pyridine rings is 1. The van der Waals surface area contributed by atoms with E-state index >= 15 is 0 Å². The van der Waals surface area contributed by atoms with Gasteiger partial charge in [0.15, 0.2) is 0 Å². The van der Waals surface area contributed by atoms with E-state index < -0.39 is 0 Å². The van der Waals surface area contributed by atoms with Crippen molar-refractivity contribution in [3.8, 4) is 10.7 Å². The van der Waals surface area contributed by atoms with Crippen LogP contribution in [0, 0.1) is 0 Å². The minimum Gasteiger partial charge on any atom is -0.321 e. The van der Waals surface area contributed by atoms with Gasteiger partial charge in [-0.25, -0.2) is 4.98 Å². The van der Waals surface area contributed by atoms with Crippen molar-refractivity contribution in [1.29, 1.82) is 0 Å². The van der Waals surface area contributed by atoms with E-state index in [4.69, 9.17) is 0 Å². The van der Waals surface area contributed by atoms with E-state index in [0.717, 1.165) is 16.4 Å². The second-order valence-corrected chi connectivity index (χ2v) is 4.93. The van der Waals surface area contributed by atoms with Crippen LogP contribution in [0.25, 0.3) is 10.7 Å². The fourth-order valence-corrected chi connectivity index (χ4v) is 2.48. The standard InChI is InChI=1S/C15H11N3OS/c19-14(17-11-6-2-1-3-7-11)13-10-20-15(18-13)12-8-4-5-9-16-12/h1-10H,(H,17,19). The minimum atomic E-state index is -0.213. The number of benzene rings is 1. The Morgan fingerprint density at radius 1 is 1.05 bits per heavy atom. The van der Waals surface area contributed by atoms with Crippen LogP contribution >= 0.6 is 11.3 Å². The first-order valence-electron chi connectivity index (χ1n) is 6.06. The molecule has 0 atom stereocenters. The highest BCUT2D eigenvalue weighted by Gasteiger charge is 2.12. The summed E-state index contributed by atoms with van der Waals surface area (Å²) >= 11 is 1.41. The van der Waals surface area contributed by atoms with Crippen LogP contribution < -0.4 is 5.32 Å². The van der Waals surface area contributed by atoms with E-state index in [1.165, 1.54) is 11.3 Å². The Morgan fingerprint density at radius 2 is 1.85 bits per heavy atom. The summed E-state index contributed by atoms with van der Waals surface area (Å²) in [5, 5.41) is 5.29. The van der Waals surface area contributed by atoms with Crippen LogP contribution in [0.4, 0.5) is 5.69 Å². The Kier molecular flexibility index (Phi) is 3.52. The molecule has 0 fully saturated rings. The highest BCUT2D eigenvalue weighted by atomic mass is 32.1. The van der Waals surface area contributed by atoms with Crippen molar-refractivity contribution in [3.63, 3.8) is 0 Å². The molecule has 2 aromatic heterocycles.